The van der Waals surface area contributed by atoms with Gasteiger partial charge in [0.2, 0.25) is 0 Å². The van der Waals surface area contributed by atoms with Gasteiger partial charge in [0.05, 0.1) is 24.3 Å². The van der Waals surface area contributed by atoms with Crippen molar-refractivity contribution in [3.05, 3.63) is 95.1 Å². The molecule has 3 aromatic carbocycles. The van der Waals surface area contributed by atoms with Crippen molar-refractivity contribution in [2.75, 3.05) is 13.2 Å². The molecule has 0 unspecified atom stereocenters. The number of ether oxygens (including phenoxy) is 3. The lowest BCUT2D eigenvalue weighted by molar-refractivity contribution is 0.0497. The number of hydrogen-bond acceptors (Lipinski definition) is 5. The number of benzene rings is 3. The summed E-state index contributed by atoms with van der Waals surface area (Å²) in [5.41, 5.74) is 2.58. The number of carbonyl (C=O) groups excluding carboxylic acids is 2. The van der Waals surface area contributed by atoms with Gasteiger partial charge in [-0.25, -0.2) is 9.59 Å². The molecule has 0 radical (unpaired) electrons. The zero-order valence-electron chi connectivity index (χ0n) is 28.7. The van der Waals surface area contributed by atoms with E-state index in [1.54, 1.807) is 48.5 Å². The Morgan fingerprint density at radius 3 is 1.40 bits per heavy atom. The summed E-state index contributed by atoms with van der Waals surface area (Å²) in [4.78, 5) is 25.0. The molecule has 252 valence electrons. The fraction of sp³-hybridized carbons (Fsp3) is 0.476. The molecule has 0 spiro atoms. The molecule has 0 atom stereocenters. The molecule has 0 bridgehead atoms. The third-order valence-corrected chi connectivity index (χ3v) is 8.12. The molecular formula is C42H54O5. The Labute approximate surface area is 283 Å². The Morgan fingerprint density at radius 2 is 0.872 bits per heavy atom. The van der Waals surface area contributed by atoms with Crippen molar-refractivity contribution >= 4 is 11.9 Å². The topological polar surface area (TPSA) is 61.8 Å². The van der Waals surface area contributed by atoms with E-state index in [1.807, 2.05) is 24.3 Å². The van der Waals surface area contributed by atoms with Crippen LogP contribution in [0, 0.1) is 11.8 Å². The molecule has 0 aliphatic rings. The van der Waals surface area contributed by atoms with Gasteiger partial charge in [0.25, 0.3) is 0 Å². The van der Waals surface area contributed by atoms with Crippen molar-refractivity contribution in [1.29, 1.82) is 0 Å². The Hall–Kier alpha value is -4.04. The second-order valence-corrected chi connectivity index (χ2v) is 12.2. The third-order valence-electron chi connectivity index (χ3n) is 8.12. The predicted molar refractivity (Wildman–Crippen MR) is 191 cm³/mol. The van der Waals surface area contributed by atoms with Crippen LogP contribution in [0.1, 0.15) is 148 Å². The van der Waals surface area contributed by atoms with Crippen LogP contribution in [0.4, 0.5) is 0 Å². The predicted octanol–water partition coefficient (Wildman–Crippen LogP) is 11.1. The zero-order valence-corrected chi connectivity index (χ0v) is 28.7. The van der Waals surface area contributed by atoms with Gasteiger partial charge in [-0.3, -0.25) is 0 Å². The van der Waals surface area contributed by atoms with Gasteiger partial charge >= 0.3 is 11.9 Å². The highest BCUT2D eigenvalue weighted by Gasteiger charge is 2.09. The maximum absolute atomic E-state index is 12.6. The minimum Gasteiger partial charge on any atom is -0.494 e. The van der Waals surface area contributed by atoms with Gasteiger partial charge in [0, 0.05) is 11.1 Å². The summed E-state index contributed by atoms with van der Waals surface area (Å²) in [6.07, 6.45) is 19.8. The van der Waals surface area contributed by atoms with Crippen LogP contribution >= 0.6 is 0 Å². The van der Waals surface area contributed by atoms with Crippen molar-refractivity contribution in [3.63, 3.8) is 0 Å². The molecule has 0 amide bonds. The lowest BCUT2D eigenvalue weighted by Crippen LogP contribution is -2.08. The standard InChI is InChI=1S/C42H54O5/c1-3-5-7-9-11-12-13-14-16-18-34-46-41(43)37-25-21-35(22-26-37)19-20-36-23-29-40(30-24-36)47-42(44)38-27-31-39(32-28-38)45-33-17-15-10-8-6-4-2/h21-32H,3-18,33-34H2,1-2H3. The molecule has 0 saturated carbocycles. The van der Waals surface area contributed by atoms with Crippen LogP contribution in [0.3, 0.4) is 0 Å². The molecule has 5 heteroatoms. The van der Waals surface area contributed by atoms with Gasteiger partial charge in [-0.05, 0) is 85.6 Å². The van der Waals surface area contributed by atoms with Crippen LogP contribution in [0.2, 0.25) is 0 Å². The van der Waals surface area contributed by atoms with E-state index in [4.69, 9.17) is 14.2 Å². The van der Waals surface area contributed by atoms with E-state index in [1.165, 1.54) is 83.5 Å². The van der Waals surface area contributed by atoms with E-state index in [2.05, 4.69) is 25.7 Å². The van der Waals surface area contributed by atoms with Gasteiger partial charge in [0.15, 0.2) is 0 Å². The summed E-state index contributed by atoms with van der Waals surface area (Å²) in [6.45, 7) is 5.62. The fourth-order valence-electron chi connectivity index (χ4n) is 5.20. The monoisotopic (exact) mass is 638 g/mol. The zero-order chi connectivity index (χ0) is 33.4. The Kier molecular flexibility index (Phi) is 18.6. The Bertz CT molecular complexity index is 1350. The van der Waals surface area contributed by atoms with Crippen LogP contribution in [0.25, 0.3) is 0 Å². The Balaban J connectivity index is 1.33. The highest BCUT2D eigenvalue weighted by atomic mass is 16.5. The molecule has 5 nitrogen and oxygen atoms in total. The molecule has 3 aromatic rings. The number of rotatable bonds is 22. The molecule has 0 aliphatic carbocycles. The minimum absolute atomic E-state index is 0.293. The van der Waals surface area contributed by atoms with E-state index < -0.39 is 5.97 Å². The van der Waals surface area contributed by atoms with Crippen molar-refractivity contribution in [1.82, 2.24) is 0 Å². The van der Waals surface area contributed by atoms with Gasteiger partial charge < -0.3 is 14.2 Å². The lowest BCUT2D eigenvalue weighted by atomic mass is 10.1. The average Bonchev–Trinajstić information content (AvgIpc) is 3.10. The van der Waals surface area contributed by atoms with Crippen molar-refractivity contribution in [2.45, 2.75) is 117 Å². The Morgan fingerprint density at radius 1 is 0.468 bits per heavy atom. The minimum atomic E-state index is -0.423. The molecule has 0 heterocycles. The first-order valence-electron chi connectivity index (χ1n) is 17.9. The summed E-state index contributed by atoms with van der Waals surface area (Å²) < 4.78 is 16.8. The SMILES string of the molecule is CCCCCCCCCCCCOC(=O)c1ccc(C#Cc2ccc(OC(=O)c3ccc(OCCCCCCCC)cc3)cc2)cc1. The second-order valence-electron chi connectivity index (χ2n) is 12.2. The molecular weight excluding hydrogens is 584 g/mol. The number of unbranched alkanes of at least 4 members (excludes halogenated alkanes) is 14. The second kappa shape index (κ2) is 23.3. The summed E-state index contributed by atoms with van der Waals surface area (Å²) >= 11 is 0. The molecule has 0 N–H and O–H groups in total. The highest BCUT2D eigenvalue weighted by Crippen LogP contribution is 2.18. The fourth-order valence-corrected chi connectivity index (χ4v) is 5.20. The first kappa shape index (κ1) is 37.4. The maximum Gasteiger partial charge on any atom is 0.343 e. The summed E-state index contributed by atoms with van der Waals surface area (Å²) in [7, 11) is 0. The molecule has 0 aromatic heterocycles. The molecule has 0 aliphatic heterocycles. The maximum atomic E-state index is 12.6. The van der Waals surface area contributed by atoms with Crippen LogP contribution in [0.15, 0.2) is 72.8 Å². The van der Waals surface area contributed by atoms with Gasteiger partial charge in [-0.2, -0.15) is 0 Å². The lowest BCUT2D eigenvalue weighted by Gasteiger charge is -2.08. The first-order chi connectivity index (χ1) is 23.1. The summed E-state index contributed by atoms with van der Waals surface area (Å²) in [6, 6.07) is 21.3. The largest absolute Gasteiger partial charge is 0.494 e. The molecule has 0 saturated heterocycles. The molecule has 0 fully saturated rings. The van der Waals surface area contributed by atoms with Gasteiger partial charge in [-0.1, -0.05) is 116 Å². The normalized spacial score (nSPS) is 10.6. The molecule has 3 rings (SSSR count). The van der Waals surface area contributed by atoms with Crippen LogP contribution in [-0.4, -0.2) is 25.2 Å². The highest BCUT2D eigenvalue weighted by molar-refractivity contribution is 5.91. The summed E-state index contributed by atoms with van der Waals surface area (Å²) in [5.74, 6) is 6.72. The van der Waals surface area contributed by atoms with Gasteiger partial charge in [0.1, 0.15) is 11.5 Å². The van der Waals surface area contributed by atoms with Crippen LogP contribution < -0.4 is 9.47 Å². The quantitative estimate of drug-likeness (QED) is 0.0474. The van der Waals surface area contributed by atoms with Crippen LogP contribution in [-0.2, 0) is 4.74 Å². The van der Waals surface area contributed by atoms with Crippen molar-refractivity contribution in [3.8, 4) is 23.3 Å². The first-order valence-corrected chi connectivity index (χ1v) is 17.9. The number of carbonyl (C=O) groups is 2. The van der Waals surface area contributed by atoms with E-state index in [0.29, 0.717) is 30.1 Å². The number of esters is 2. The smallest absolute Gasteiger partial charge is 0.343 e. The van der Waals surface area contributed by atoms with Gasteiger partial charge in [-0.15, -0.1) is 0 Å². The van der Waals surface area contributed by atoms with Crippen molar-refractivity contribution < 1.29 is 23.8 Å². The third kappa shape index (κ3) is 15.9. The van der Waals surface area contributed by atoms with Crippen molar-refractivity contribution in [2.24, 2.45) is 0 Å². The average molecular weight is 639 g/mol. The van der Waals surface area contributed by atoms with E-state index >= 15 is 0 Å². The van der Waals surface area contributed by atoms with E-state index in [-0.39, 0.29) is 5.97 Å². The summed E-state index contributed by atoms with van der Waals surface area (Å²) in [5, 5.41) is 0. The van der Waals surface area contributed by atoms with Crippen LogP contribution in [0.5, 0.6) is 11.5 Å². The van der Waals surface area contributed by atoms with E-state index in [0.717, 1.165) is 36.1 Å². The number of hydrogen-bond donors (Lipinski definition) is 0. The molecule has 47 heavy (non-hydrogen) atoms. The van der Waals surface area contributed by atoms with E-state index in [9.17, 15) is 9.59 Å².